The molecular formula is C18H14FN3S. The topological polar surface area (TPSA) is 43.3 Å². The smallest absolute Gasteiger partial charge is 0.194 e. The number of benzene rings is 2. The van der Waals surface area contributed by atoms with E-state index in [1.807, 2.05) is 18.3 Å². The van der Waals surface area contributed by atoms with Crippen LogP contribution in [-0.4, -0.2) is 9.38 Å². The second-order valence-electron chi connectivity index (χ2n) is 5.31. The number of halogens is 1. The molecule has 0 bridgehead atoms. The predicted molar refractivity (Wildman–Crippen MR) is 91.8 cm³/mol. The number of aromatic nitrogens is 2. The molecule has 0 saturated heterocycles. The molecule has 2 N–H and O–H groups in total. The van der Waals surface area contributed by atoms with Crippen molar-refractivity contribution in [3.05, 3.63) is 71.5 Å². The van der Waals surface area contributed by atoms with Gasteiger partial charge in [-0.25, -0.2) is 9.37 Å². The minimum atomic E-state index is -0.240. The van der Waals surface area contributed by atoms with E-state index in [4.69, 9.17) is 5.73 Å². The summed E-state index contributed by atoms with van der Waals surface area (Å²) < 4.78 is 15.1. The first-order chi connectivity index (χ1) is 11.2. The fourth-order valence-electron chi connectivity index (χ4n) is 2.56. The summed E-state index contributed by atoms with van der Waals surface area (Å²) in [5.41, 5.74) is 10.7. The maximum absolute atomic E-state index is 13.1. The zero-order valence-electron chi connectivity index (χ0n) is 12.2. The second kappa shape index (κ2) is 5.61. The molecule has 23 heavy (non-hydrogen) atoms. The zero-order chi connectivity index (χ0) is 15.8. The van der Waals surface area contributed by atoms with E-state index in [0.29, 0.717) is 6.54 Å². The van der Waals surface area contributed by atoms with E-state index in [1.54, 1.807) is 23.5 Å². The molecule has 2 aromatic heterocycles. The van der Waals surface area contributed by atoms with Crippen LogP contribution in [0.1, 0.15) is 5.56 Å². The third-order valence-corrected chi connectivity index (χ3v) is 4.67. The van der Waals surface area contributed by atoms with Crippen LogP contribution in [0.25, 0.3) is 27.5 Å². The zero-order valence-corrected chi connectivity index (χ0v) is 13.1. The maximum Gasteiger partial charge on any atom is 0.194 e. The number of nitrogens with two attached hydrogens (primary N) is 1. The summed E-state index contributed by atoms with van der Waals surface area (Å²) in [4.78, 5) is 5.55. The van der Waals surface area contributed by atoms with Crippen LogP contribution in [0.2, 0.25) is 0 Å². The predicted octanol–water partition coefficient (Wildman–Crippen LogP) is 4.33. The van der Waals surface area contributed by atoms with Crippen LogP contribution in [0, 0.1) is 5.82 Å². The highest BCUT2D eigenvalue weighted by Crippen LogP contribution is 2.29. The van der Waals surface area contributed by atoms with Crippen LogP contribution in [0.3, 0.4) is 0 Å². The largest absolute Gasteiger partial charge is 0.326 e. The number of hydrogen-bond donors (Lipinski definition) is 1. The highest BCUT2D eigenvalue weighted by atomic mass is 32.1. The van der Waals surface area contributed by atoms with Gasteiger partial charge in [-0.3, -0.25) is 4.40 Å². The molecule has 0 saturated carbocycles. The highest BCUT2D eigenvalue weighted by molar-refractivity contribution is 7.15. The van der Waals surface area contributed by atoms with Gasteiger partial charge in [-0.05, 0) is 35.4 Å². The molecule has 0 aliphatic heterocycles. The highest BCUT2D eigenvalue weighted by Gasteiger charge is 2.11. The minimum Gasteiger partial charge on any atom is -0.326 e. The van der Waals surface area contributed by atoms with E-state index in [-0.39, 0.29) is 5.82 Å². The van der Waals surface area contributed by atoms with Crippen LogP contribution in [0.15, 0.2) is 60.1 Å². The van der Waals surface area contributed by atoms with Gasteiger partial charge in [0, 0.05) is 23.7 Å². The Kier molecular flexibility index (Phi) is 3.44. The van der Waals surface area contributed by atoms with Gasteiger partial charge in [0.2, 0.25) is 0 Å². The van der Waals surface area contributed by atoms with Crippen molar-refractivity contribution in [2.75, 3.05) is 0 Å². The molecule has 2 heterocycles. The van der Waals surface area contributed by atoms with Gasteiger partial charge in [0.15, 0.2) is 4.96 Å². The van der Waals surface area contributed by atoms with E-state index >= 15 is 0 Å². The van der Waals surface area contributed by atoms with Crippen molar-refractivity contribution in [3.63, 3.8) is 0 Å². The van der Waals surface area contributed by atoms with Gasteiger partial charge < -0.3 is 5.73 Å². The molecule has 3 nitrogen and oxygen atoms in total. The molecule has 0 aliphatic carbocycles. The lowest BCUT2D eigenvalue weighted by Gasteiger charge is -2.01. The third kappa shape index (κ3) is 2.54. The van der Waals surface area contributed by atoms with Gasteiger partial charge in [-0.2, -0.15) is 0 Å². The number of thiazole rings is 1. The van der Waals surface area contributed by atoms with Gasteiger partial charge in [-0.1, -0.05) is 24.3 Å². The molecule has 114 valence electrons. The number of nitrogens with zero attached hydrogens (tertiary/aromatic N) is 2. The van der Waals surface area contributed by atoms with E-state index in [1.165, 1.54) is 12.1 Å². The third-order valence-electron chi connectivity index (χ3n) is 3.83. The average molecular weight is 323 g/mol. The Morgan fingerprint density at radius 3 is 2.39 bits per heavy atom. The van der Waals surface area contributed by atoms with Crippen LogP contribution in [-0.2, 0) is 6.54 Å². The summed E-state index contributed by atoms with van der Waals surface area (Å²) >= 11 is 1.59. The van der Waals surface area contributed by atoms with Crippen molar-refractivity contribution in [1.82, 2.24) is 9.38 Å². The van der Waals surface area contributed by atoms with Crippen LogP contribution in [0.4, 0.5) is 4.39 Å². The van der Waals surface area contributed by atoms with E-state index in [2.05, 4.69) is 26.9 Å². The van der Waals surface area contributed by atoms with Gasteiger partial charge in [0.1, 0.15) is 5.82 Å². The van der Waals surface area contributed by atoms with E-state index in [9.17, 15) is 4.39 Å². The van der Waals surface area contributed by atoms with Crippen molar-refractivity contribution in [2.45, 2.75) is 6.54 Å². The maximum atomic E-state index is 13.1. The second-order valence-corrected chi connectivity index (χ2v) is 6.14. The van der Waals surface area contributed by atoms with Gasteiger partial charge >= 0.3 is 0 Å². The Morgan fingerprint density at radius 1 is 1.00 bits per heavy atom. The molecule has 0 radical (unpaired) electrons. The normalized spacial score (nSPS) is 11.2. The van der Waals surface area contributed by atoms with Crippen molar-refractivity contribution in [1.29, 1.82) is 0 Å². The summed E-state index contributed by atoms with van der Waals surface area (Å²) in [7, 11) is 0. The first-order valence-corrected chi connectivity index (χ1v) is 8.14. The summed E-state index contributed by atoms with van der Waals surface area (Å²) in [6.45, 7) is 0.541. The molecule has 4 aromatic rings. The first-order valence-electron chi connectivity index (χ1n) is 7.26. The van der Waals surface area contributed by atoms with Crippen LogP contribution in [0.5, 0.6) is 0 Å². The molecular weight excluding hydrogens is 309 g/mol. The minimum absolute atomic E-state index is 0.240. The SMILES string of the molecule is NCc1ccc(-c2csc3nc(-c4ccc(F)cc4)cn23)cc1. The van der Waals surface area contributed by atoms with Gasteiger partial charge in [0.05, 0.1) is 11.4 Å². The monoisotopic (exact) mass is 323 g/mol. The molecule has 0 atom stereocenters. The molecule has 0 unspecified atom stereocenters. The number of imidazole rings is 1. The van der Waals surface area contributed by atoms with Gasteiger partial charge in [-0.15, -0.1) is 11.3 Å². The fraction of sp³-hybridized carbons (Fsp3) is 0.0556. The van der Waals surface area contributed by atoms with Crippen LogP contribution < -0.4 is 5.73 Å². The molecule has 0 spiro atoms. The number of rotatable bonds is 3. The van der Waals surface area contributed by atoms with Crippen molar-refractivity contribution in [3.8, 4) is 22.5 Å². The number of hydrogen-bond acceptors (Lipinski definition) is 3. The Labute approximate surface area is 136 Å². The van der Waals surface area contributed by atoms with Crippen LogP contribution >= 0.6 is 11.3 Å². The summed E-state index contributed by atoms with van der Waals surface area (Å²) in [6, 6.07) is 14.6. The van der Waals surface area contributed by atoms with Crippen molar-refractivity contribution in [2.24, 2.45) is 5.73 Å². The van der Waals surface area contributed by atoms with Crippen molar-refractivity contribution < 1.29 is 4.39 Å². The quantitative estimate of drug-likeness (QED) is 0.610. The van der Waals surface area contributed by atoms with E-state index in [0.717, 1.165) is 33.0 Å². The molecule has 0 aliphatic rings. The fourth-order valence-corrected chi connectivity index (χ4v) is 3.45. The summed E-state index contributed by atoms with van der Waals surface area (Å²) in [5.74, 6) is -0.240. The average Bonchev–Trinajstić information content (AvgIpc) is 3.16. The summed E-state index contributed by atoms with van der Waals surface area (Å²) in [5, 5.41) is 2.09. The molecule has 5 heteroatoms. The summed E-state index contributed by atoms with van der Waals surface area (Å²) in [6.07, 6.45) is 1.99. The standard InChI is InChI=1S/C18H14FN3S/c19-15-7-5-13(6-8-15)16-10-22-17(11-23-18(22)21-16)14-3-1-12(9-20)2-4-14/h1-8,10-11H,9,20H2. The van der Waals surface area contributed by atoms with Crippen molar-refractivity contribution >= 4 is 16.3 Å². The lowest BCUT2D eigenvalue weighted by Crippen LogP contribution is -1.95. The van der Waals surface area contributed by atoms with E-state index < -0.39 is 0 Å². The molecule has 0 fully saturated rings. The Morgan fingerprint density at radius 2 is 1.70 bits per heavy atom. The number of fused-ring (bicyclic) bond motifs is 1. The Hall–Kier alpha value is -2.50. The molecule has 0 amide bonds. The Bertz CT molecular complexity index is 952. The lowest BCUT2D eigenvalue weighted by molar-refractivity contribution is 0.628. The molecule has 2 aromatic carbocycles. The molecule has 4 rings (SSSR count). The lowest BCUT2D eigenvalue weighted by atomic mass is 10.1. The Balaban J connectivity index is 1.78. The first kappa shape index (κ1) is 14.1. The van der Waals surface area contributed by atoms with Gasteiger partial charge in [0.25, 0.3) is 0 Å².